The Morgan fingerprint density at radius 1 is 1.61 bits per heavy atom. The average molecular weight is 265 g/mol. The van der Waals surface area contributed by atoms with Crippen molar-refractivity contribution < 1.29 is 9.53 Å². The second-order valence-corrected chi connectivity index (χ2v) is 3.87. The van der Waals surface area contributed by atoms with Crippen molar-refractivity contribution in [1.29, 1.82) is 5.26 Å². The number of carbonyl (C=O) groups excluding carboxylic acids is 1. The first-order valence-electron chi connectivity index (χ1n) is 5.39. The minimum atomic E-state index is -0.655. The average Bonchev–Trinajstić information content (AvgIpc) is 2.33. The molecule has 1 aromatic rings. The lowest BCUT2D eigenvalue weighted by Gasteiger charge is -2.08. The Morgan fingerprint density at radius 2 is 2.33 bits per heavy atom. The molecule has 0 saturated heterocycles. The number of benzene rings is 1. The summed E-state index contributed by atoms with van der Waals surface area (Å²) in [5.41, 5.74) is 1.48. The summed E-state index contributed by atoms with van der Waals surface area (Å²) in [5.74, 6) is -0.655. The van der Waals surface area contributed by atoms with E-state index in [2.05, 4.69) is 5.32 Å². The van der Waals surface area contributed by atoms with Crippen LogP contribution < -0.4 is 5.32 Å². The molecule has 0 amide bonds. The van der Waals surface area contributed by atoms with E-state index in [1.54, 1.807) is 19.1 Å². The molecule has 0 aromatic heterocycles. The van der Waals surface area contributed by atoms with Crippen LogP contribution >= 0.6 is 11.6 Å². The zero-order valence-corrected chi connectivity index (χ0v) is 10.9. The second kappa shape index (κ2) is 6.67. The van der Waals surface area contributed by atoms with E-state index in [9.17, 15) is 4.79 Å². The van der Waals surface area contributed by atoms with Gasteiger partial charge >= 0.3 is 5.97 Å². The van der Waals surface area contributed by atoms with Crippen LogP contribution in [0.2, 0.25) is 5.02 Å². The molecule has 1 N–H and O–H groups in total. The highest BCUT2D eigenvalue weighted by Gasteiger charge is 2.10. The van der Waals surface area contributed by atoms with Gasteiger partial charge in [0.2, 0.25) is 0 Å². The standard InChI is InChI=1S/C13H13ClN2O2/c1-3-18-13(17)10(7-15)8-16-12-9(2)5-4-6-11(12)14/h4-6,8,16H,3H2,1-2H3/b10-8+. The molecular formula is C13H13ClN2O2. The van der Waals surface area contributed by atoms with Crippen LogP contribution in [0, 0.1) is 18.3 Å². The van der Waals surface area contributed by atoms with Crippen molar-refractivity contribution in [2.75, 3.05) is 11.9 Å². The molecule has 0 aliphatic heterocycles. The number of carbonyl (C=O) groups is 1. The molecule has 0 aliphatic carbocycles. The molecule has 18 heavy (non-hydrogen) atoms. The number of aryl methyl sites for hydroxylation is 1. The van der Waals surface area contributed by atoms with Gasteiger partial charge in [0.15, 0.2) is 5.57 Å². The third-order valence-electron chi connectivity index (χ3n) is 2.20. The minimum Gasteiger partial charge on any atom is -0.462 e. The molecule has 1 aromatic carbocycles. The van der Waals surface area contributed by atoms with Gasteiger partial charge in [0.05, 0.1) is 17.3 Å². The number of ether oxygens (including phenoxy) is 1. The molecule has 0 radical (unpaired) electrons. The monoisotopic (exact) mass is 264 g/mol. The van der Waals surface area contributed by atoms with Gasteiger partial charge < -0.3 is 10.1 Å². The fraction of sp³-hybridized carbons (Fsp3) is 0.231. The van der Waals surface area contributed by atoms with Crippen molar-refractivity contribution in [2.24, 2.45) is 0 Å². The summed E-state index contributed by atoms with van der Waals surface area (Å²) < 4.78 is 4.74. The lowest BCUT2D eigenvalue weighted by atomic mass is 10.2. The Hall–Kier alpha value is -1.99. The molecule has 4 nitrogen and oxygen atoms in total. The van der Waals surface area contributed by atoms with Crippen LogP contribution in [0.1, 0.15) is 12.5 Å². The lowest BCUT2D eigenvalue weighted by molar-refractivity contribution is -0.138. The van der Waals surface area contributed by atoms with E-state index in [0.717, 1.165) is 5.56 Å². The SMILES string of the molecule is CCOC(=O)/C(C#N)=C/Nc1c(C)cccc1Cl. The Kier molecular flexibility index (Phi) is 5.22. The van der Waals surface area contributed by atoms with Gasteiger partial charge in [-0.3, -0.25) is 0 Å². The largest absolute Gasteiger partial charge is 0.462 e. The minimum absolute atomic E-state index is 0.101. The molecular weight excluding hydrogens is 252 g/mol. The maximum Gasteiger partial charge on any atom is 0.350 e. The zero-order valence-electron chi connectivity index (χ0n) is 10.2. The highest BCUT2D eigenvalue weighted by Crippen LogP contribution is 2.25. The van der Waals surface area contributed by atoms with E-state index in [-0.39, 0.29) is 12.2 Å². The Labute approximate surface area is 111 Å². The summed E-state index contributed by atoms with van der Waals surface area (Å²) in [6.07, 6.45) is 1.30. The fourth-order valence-electron chi connectivity index (χ4n) is 1.30. The van der Waals surface area contributed by atoms with Gasteiger partial charge in [-0.1, -0.05) is 23.7 Å². The number of nitrogens with zero attached hydrogens (tertiary/aromatic N) is 1. The van der Waals surface area contributed by atoms with Crippen LogP contribution in [0.3, 0.4) is 0 Å². The lowest BCUT2D eigenvalue weighted by Crippen LogP contribution is -2.08. The molecule has 0 unspecified atom stereocenters. The highest BCUT2D eigenvalue weighted by molar-refractivity contribution is 6.33. The number of para-hydroxylation sites is 1. The van der Waals surface area contributed by atoms with Gasteiger partial charge in [0.1, 0.15) is 6.07 Å². The molecule has 0 spiro atoms. The number of nitrogens with one attached hydrogen (secondary N) is 1. The van der Waals surface area contributed by atoms with Crippen molar-refractivity contribution in [3.8, 4) is 6.07 Å². The molecule has 0 heterocycles. The summed E-state index contributed by atoms with van der Waals surface area (Å²) >= 11 is 6.01. The number of nitriles is 1. The third-order valence-corrected chi connectivity index (χ3v) is 2.51. The zero-order chi connectivity index (χ0) is 13.5. The van der Waals surface area contributed by atoms with E-state index in [0.29, 0.717) is 10.7 Å². The predicted octanol–water partition coefficient (Wildman–Crippen LogP) is 3.03. The van der Waals surface area contributed by atoms with E-state index < -0.39 is 5.97 Å². The first kappa shape index (κ1) is 14.1. The quantitative estimate of drug-likeness (QED) is 0.516. The number of hydrogen-bond acceptors (Lipinski definition) is 4. The number of rotatable bonds is 4. The maximum absolute atomic E-state index is 11.4. The smallest absolute Gasteiger partial charge is 0.350 e. The number of hydrogen-bond donors (Lipinski definition) is 1. The van der Waals surface area contributed by atoms with Crippen LogP contribution in [0.5, 0.6) is 0 Å². The molecule has 0 bridgehead atoms. The van der Waals surface area contributed by atoms with Crippen molar-refractivity contribution in [3.05, 3.63) is 40.6 Å². The van der Waals surface area contributed by atoms with E-state index in [1.165, 1.54) is 6.20 Å². The van der Waals surface area contributed by atoms with Gasteiger partial charge in [-0.05, 0) is 25.5 Å². The molecule has 0 fully saturated rings. The molecule has 1 rings (SSSR count). The second-order valence-electron chi connectivity index (χ2n) is 3.47. The fourth-order valence-corrected chi connectivity index (χ4v) is 1.58. The van der Waals surface area contributed by atoms with Crippen molar-refractivity contribution in [1.82, 2.24) is 0 Å². The van der Waals surface area contributed by atoms with E-state index >= 15 is 0 Å². The Morgan fingerprint density at radius 3 is 2.89 bits per heavy atom. The molecule has 0 aliphatic rings. The van der Waals surface area contributed by atoms with Crippen LogP contribution in [0.15, 0.2) is 30.0 Å². The van der Waals surface area contributed by atoms with Crippen molar-refractivity contribution in [2.45, 2.75) is 13.8 Å². The first-order valence-corrected chi connectivity index (χ1v) is 5.77. The highest BCUT2D eigenvalue weighted by atomic mass is 35.5. The Bertz CT molecular complexity index is 498. The number of halogens is 1. The number of anilines is 1. The maximum atomic E-state index is 11.4. The molecule has 0 saturated carbocycles. The summed E-state index contributed by atoms with van der Waals surface area (Å²) in [7, 11) is 0. The van der Waals surface area contributed by atoms with E-state index in [1.807, 2.05) is 19.1 Å². The van der Waals surface area contributed by atoms with Gasteiger partial charge in [-0.2, -0.15) is 5.26 Å². The van der Waals surface area contributed by atoms with Crippen LogP contribution in [-0.2, 0) is 9.53 Å². The van der Waals surface area contributed by atoms with Crippen LogP contribution in [-0.4, -0.2) is 12.6 Å². The topological polar surface area (TPSA) is 62.1 Å². The summed E-state index contributed by atoms with van der Waals surface area (Å²) in [5, 5.41) is 12.2. The predicted molar refractivity (Wildman–Crippen MR) is 70.1 cm³/mol. The van der Waals surface area contributed by atoms with Gasteiger partial charge in [-0.15, -0.1) is 0 Å². The molecule has 94 valence electrons. The third kappa shape index (κ3) is 3.51. The van der Waals surface area contributed by atoms with Crippen molar-refractivity contribution >= 4 is 23.3 Å². The van der Waals surface area contributed by atoms with Gasteiger partial charge in [0.25, 0.3) is 0 Å². The number of esters is 1. The van der Waals surface area contributed by atoms with Crippen LogP contribution in [0.4, 0.5) is 5.69 Å². The van der Waals surface area contributed by atoms with Crippen molar-refractivity contribution in [3.63, 3.8) is 0 Å². The summed E-state index contributed by atoms with van der Waals surface area (Å²) in [6, 6.07) is 7.20. The van der Waals surface area contributed by atoms with Crippen LogP contribution in [0.25, 0.3) is 0 Å². The van der Waals surface area contributed by atoms with E-state index in [4.69, 9.17) is 21.6 Å². The van der Waals surface area contributed by atoms with Gasteiger partial charge in [-0.25, -0.2) is 4.79 Å². The first-order chi connectivity index (χ1) is 8.60. The molecule has 0 atom stereocenters. The summed E-state index contributed by atoms with van der Waals surface area (Å²) in [4.78, 5) is 11.4. The summed E-state index contributed by atoms with van der Waals surface area (Å²) in [6.45, 7) is 3.78. The molecule has 5 heteroatoms. The Balaban J connectivity index is 2.91. The normalized spacial score (nSPS) is 10.7. The van der Waals surface area contributed by atoms with Gasteiger partial charge in [0, 0.05) is 6.20 Å².